The van der Waals surface area contributed by atoms with Crippen LogP contribution in [-0.2, 0) is 13.0 Å². The molecule has 0 spiro atoms. The molecular formula is C8H13N3O4. The van der Waals surface area contributed by atoms with E-state index in [-0.39, 0.29) is 12.2 Å². The molecule has 0 aliphatic carbocycles. The number of aliphatic hydroxyl groups is 2. The number of aliphatic hydroxyl groups excluding tert-OH is 2. The minimum atomic E-state index is -1.06. The van der Waals surface area contributed by atoms with Crippen molar-refractivity contribution < 1.29 is 10.2 Å². The predicted octanol–water partition coefficient (Wildman–Crippen LogP) is -2.15. The molecule has 0 saturated heterocycles. The van der Waals surface area contributed by atoms with Crippen molar-refractivity contribution in [2.75, 3.05) is 6.61 Å². The van der Waals surface area contributed by atoms with Gasteiger partial charge >= 0.3 is 5.69 Å². The van der Waals surface area contributed by atoms with E-state index in [2.05, 4.69) is 10.1 Å². The first-order chi connectivity index (χ1) is 7.08. The van der Waals surface area contributed by atoms with E-state index in [4.69, 9.17) is 10.2 Å². The molecule has 0 unspecified atom stereocenters. The molecule has 3 N–H and O–H groups in total. The van der Waals surface area contributed by atoms with E-state index < -0.39 is 24.0 Å². The van der Waals surface area contributed by atoms with Crippen LogP contribution < -0.4 is 11.2 Å². The van der Waals surface area contributed by atoms with Crippen LogP contribution >= 0.6 is 0 Å². The smallest absolute Gasteiger partial charge is 0.344 e. The van der Waals surface area contributed by atoms with E-state index in [1.807, 2.05) is 0 Å². The molecule has 1 aromatic heterocycles. The third-order valence-electron chi connectivity index (χ3n) is 1.89. The highest BCUT2D eigenvalue weighted by atomic mass is 16.3. The molecule has 0 aliphatic heterocycles. The van der Waals surface area contributed by atoms with E-state index >= 15 is 0 Å². The normalized spacial score (nSPS) is 12.7. The lowest BCUT2D eigenvalue weighted by molar-refractivity contribution is 0.0762. The van der Waals surface area contributed by atoms with Gasteiger partial charge in [-0.15, -0.1) is 0 Å². The lowest BCUT2D eigenvalue weighted by atomic mass is 10.3. The summed E-state index contributed by atoms with van der Waals surface area (Å²) in [5.41, 5.74) is -0.985. The second kappa shape index (κ2) is 4.85. The van der Waals surface area contributed by atoms with Gasteiger partial charge in [-0.25, -0.2) is 9.48 Å². The first-order valence-corrected chi connectivity index (χ1v) is 4.57. The molecule has 7 nitrogen and oxygen atoms in total. The van der Waals surface area contributed by atoms with Crippen LogP contribution in [0.4, 0.5) is 0 Å². The van der Waals surface area contributed by atoms with Crippen LogP contribution in [0, 0.1) is 0 Å². The number of aryl methyl sites for hydroxylation is 1. The van der Waals surface area contributed by atoms with Crippen molar-refractivity contribution in [3.8, 4) is 0 Å². The summed E-state index contributed by atoms with van der Waals surface area (Å²) in [4.78, 5) is 24.4. The topological polar surface area (TPSA) is 108 Å². The fraction of sp³-hybridized carbons (Fsp3) is 0.625. The Kier molecular flexibility index (Phi) is 3.75. The second-order valence-electron chi connectivity index (χ2n) is 3.08. The van der Waals surface area contributed by atoms with Crippen LogP contribution in [0.2, 0.25) is 0 Å². The molecule has 1 aromatic rings. The Labute approximate surface area is 85.0 Å². The van der Waals surface area contributed by atoms with Crippen LogP contribution in [0.15, 0.2) is 9.59 Å². The van der Waals surface area contributed by atoms with Gasteiger partial charge in [0.25, 0.3) is 5.56 Å². The zero-order chi connectivity index (χ0) is 11.4. The molecule has 0 saturated carbocycles. The Hall–Kier alpha value is -1.47. The Bertz CT molecular complexity index is 436. The summed E-state index contributed by atoms with van der Waals surface area (Å²) < 4.78 is 0.932. The molecule has 1 heterocycles. The summed E-state index contributed by atoms with van der Waals surface area (Å²) in [5, 5.41) is 21.5. The summed E-state index contributed by atoms with van der Waals surface area (Å²) in [6, 6.07) is 0. The van der Waals surface area contributed by atoms with Gasteiger partial charge < -0.3 is 10.2 Å². The van der Waals surface area contributed by atoms with Crippen molar-refractivity contribution in [3.05, 3.63) is 26.5 Å². The zero-order valence-electron chi connectivity index (χ0n) is 8.30. The van der Waals surface area contributed by atoms with Crippen molar-refractivity contribution in [2.24, 2.45) is 0 Å². The molecule has 1 rings (SSSR count). The monoisotopic (exact) mass is 215 g/mol. The highest BCUT2D eigenvalue weighted by molar-refractivity contribution is 4.91. The van der Waals surface area contributed by atoms with Gasteiger partial charge in [-0.3, -0.25) is 9.78 Å². The first kappa shape index (κ1) is 11.6. The van der Waals surface area contributed by atoms with Crippen molar-refractivity contribution in [1.82, 2.24) is 14.8 Å². The lowest BCUT2D eigenvalue weighted by Gasteiger charge is -2.08. The van der Waals surface area contributed by atoms with E-state index in [0.29, 0.717) is 6.42 Å². The Balaban J connectivity index is 3.08. The molecule has 0 aromatic carbocycles. The molecule has 0 amide bonds. The minimum Gasteiger partial charge on any atom is -0.394 e. The fourth-order valence-corrected chi connectivity index (χ4v) is 1.08. The van der Waals surface area contributed by atoms with Gasteiger partial charge in [-0.05, 0) is 6.42 Å². The predicted molar refractivity (Wildman–Crippen MR) is 51.6 cm³/mol. The first-order valence-electron chi connectivity index (χ1n) is 4.57. The Morgan fingerprint density at radius 3 is 2.73 bits per heavy atom. The highest BCUT2D eigenvalue weighted by Crippen LogP contribution is 1.86. The maximum absolute atomic E-state index is 11.2. The third-order valence-corrected chi connectivity index (χ3v) is 1.89. The SMILES string of the molecule is CCc1nn(C[C@H](O)CO)c(=O)[nH]c1=O. The minimum absolute atomic E-state index is 0.140. The van der Waals surface area contributed by atoms with Crippen molar-refractivity contribution in [3.63, 3.8) is 0 Å². The number of aromatic nitrogens is 3. The fourth-order valence-electron chi connectivity index (χ4n) is 1.08. The molecule has 84 valence electrons. The maximum Gasteiger partial charge on any atom is 0.344 e. The molecular weight excluding hydrogens is 202 g/mol. The van der Waals surface area contributed by atoms with E-state index in [0.717, 1.165) is 4.68 Å². The number of H-pyrrole nitrogens is 1. The molecule has 0 fully saturated rings. The van der Waals surface area contributed by atoms with E-state index in [1.54, 1.807) is 6.92 Å². The van der Waals surface area contributed by atoms with Crippen molar-refractivity contribution in [2.45, 2.75) is 26.0 Å². The van der Waals surface area contributed by atoms with Crippen molar-refractivity contribution in [1.29, 1.82) is 0 Å². The number of nitrogens with zero attached hydrogens (tertiary/aromatic N) is 2. The number of hydrogen-bond donors (Lipinski definition) is 3. The van der Waals surface area contributed by atoms with Crippen LogP contribution in [-0.4, -0.2) is 37.7 Å². The summed E-state index contributed by atoms with van der Waals surface area (Å²) in [6.45, 7) is 1.13. The highest BCUT2D eigenvalue weighted by Gasteiger charge is 2.08. The summed E-state index contributed by atoms with van der Waals surface area (Å²) >= 11 is 0. The van der Waals surface area contributed by atoms with Gasteiger partial charge in [0.1, 0.15) is 5.69 Å². The van der Waals surface area contributed by atoms with Gasteiger partial charge in [0.2, 0.25) is 0 Å². The van der Waals surface area contributed by atoms with Gasteiger partial charge in [-0.1, -0.05) is 6.92 Å². The van der Waals surface area contributed by atoms with E-state index in [1.165, 1.54) is 0 Å². The number of rotatable bonds is 4. The molecule has 0 radical (unpaired) electrons. The third kappa shape index (κ3) is 2.74. The molecule has 15 heavy (non-hydrogen) atoms. The largest absolute Gasteiger partial charge is 0.394 e. The van der Waals surface area contributed by atoms with Gasteiger partial charge in [-0.2, -0.15) is 5.10 Å². The van der Waals surface area contributed by atoms with Gasteiger partial charge in [0, 0.05) is 0 Å². The van der Waals surface area contributed by atoms with Gasteiger partial charge in [0.15, 0.2) is 0 Å². The zero-order valence-corrected chi connectivity index (χ0v) is 8.30. The van der Waals surface area contributed by atoms with E-state index in [9.17, 15) is 9.59 Å². The number of aromatic amines is 1. The number of nitrogens with one attached hydrogen (secondary N) is 1. The van der Waals surface area contributed by atoms with Crippen molar-refractivity contribution >= 4 is 0 Å². The summed E-state index contributed by atoms with van der Waals surface area (Å²) in [5.74, 6) is 0. The molecule has 0 bridgehead atoms. The number of hydrogen-bond acceptors (Lipinski definition) is 5. The lowest BCUT2D eigenvalue weighted by Crippen LogP contribution is -2.38. The maximum atomic E-state index is 11.2. The average molecular weight is 215 g/mol. The van der Waals surface area contributed by atoms with Gasteiger partial charge in [0.05, 0.1) is 19.3 Å². The van der Waals surface area contributed by atoms with Crippen LogP contribution in [0.3, 0.4) is 0 Å². The summed E-state index contributed by atoms with van der Waals surface area (Å²) in [7, 11) is 0. The molecule has 0 aliphatic rings. The quantitative estimate of drug-likeness (QED) is 0.530. The molecule has 1 atom stereocenters. The Morgan fingerprint density at radius 1 is 1.53 bits per heavy atom. The Morgan fingerprint density at radius 2 is 2.20 bits per heavy atom. The standard InChI is InChI=1S/C8H13N3O4/c1-2-6-7(14)9-8(15)11(10-6)3-5(13)4-12/h5,12-13H,2-4H2,1H3,(H,9,14,15)/t5-/m0/s1. The second-order valence-corrected chi connectivity index (χ2v) is 3.08. The van der Waals surface area contributed by atoms with Crippen LogP contribution in [0.25, 0.3) is 0 Å². The molecule has 7 heteroatoms. The average Bonchev–Trinajstić information content (AvgIpc) is 2.21. The summed E-state index contributed by atoms with van der Waals surface area (Å²) in [6.07, 6.45) is -0.670. The van der Waals surface area contributed by atoms with Crippen LogP contribution in [0.1, 0.15) is 12.6 Å². The van der Waals surface area contributed by atoms with Crippen LogP contribution in [0.5, 0.6) is 0 Å².